The van der Waals surface area contributed by atoms with Gasteiger partial charge >= 0.3 is 0 Å². The van der Waals surface area contributed by atoms with Crippen LogP contribution in [0.4, 0.5) is 5.69 Å². The predicted octanol–water partition coefficient (Wildman–Crippen LogP) is 3.39. The molecule has 2 heterocycles. The summed E-state index contributed by atoms with van der Waals surface area (Å²) in [7, 11) is 0. The van der Waals surface area contributed by atoms with E-state index in [4.69, 9.17) is 9.47 Å². The molecule has 0 aliphatic carbocycles. The number of nitrogens with zero attached hydrogens (tertiary/aromatic N) is 1. The second-order valence-electron chi connectivity index (χ2n) is 6.82. The Kier molecular flexibility index (Phi) is 4.71. The molecule has 1 fully saturated rings. The maximum atomic E-state index is 13.1. The Labute approximate surface area is 158 Å². The molecule has 4 rings (SSSR count). The van der Waals surface area contributed by atoms with Gasteiger partial charge in [-0.3, -0.25) is 9.59 Å². The number of nitrogens with one attached hydrogen (secondary N) is 1. The van der Waals surface area contributed by atoms with Crippen LogP contribution in [0.1, 0.15) is 41.7 Å². The fourth-order valence-electron chi connectivity index (χ4n) is 3.72. The van der Waals surface area contributed by atoms with Crippen molar-refractivity contribution in [2.75, 3.05) is 25.1 Å². The molecule has 2 amide bonds. The molecule has 2 aliphatic rings. The molecule has 27 heavy (non-hydrogen) atoms. The van der Waals surface area contributed by atoms with E-state index in [1.165, 1.54) is 6.92 Å². The van der Waals surface area contributed by atoms with E-state index in [1.807, 2.05) is 23.1 Å². The molecule has 1 saturated heterocycles. The second kappa shape index (κ2) is 7.31. The van der Waals surface area contributed by atoms with Crippen molar-refractivity contribution in [3.63, 3.8) is 0 Å². The summed E-state index contributed by atoms with van der Waals surface area (Å²) in [5.74, 6) is 1.31. The first kappa shape index (κ1) is 17.4. The van der Waals surface area contributed by atoms with Gasteiger partial charge in [0.25, 0.3) is 5.91 Å². The number of carbonyl (C=O) groups is 2. The number of benzene rings is 2. The lowest BCUT2D eigenvalue weighted by Crippen LogP contribution is -2.30. The molecule has 0 bridgehead atoms. The summed E-state index contributed by atoms with van der Waals surface area (Å²) in [5.41, 5.74) is 2.26. The van der Waals surface area contributed by atoms with Crippen molar-refractivity contribution in [2.45, 2.75) is 25.8 Å². The minimum absolute atomic E-state index is 0.0118. The van der Waals surface area contributed by atoms with Crippen LogP contribution in [0.3, 0.4) is 0 Å². The van der Waals surface area contributed by atoms with Crippen LogP contribution in [0.25, 0.3) is 0 Å². The van der Waals surface area contributed by atoms with Crippen LogP contribution in [-0.4, -0.2) is 36.5 Å². The number of ether oxygens (including phenoxy) is 2. The van der Waals surface area contributed by atoms with E-state index in [1.54, 1.807) is 24.3 Å². The van der Waals surface area contributed by atoms with Crippen LogP contribution in [0.5, 0.6) is 11.5 Å². The van der Waals surface area contributed by atoms with Gasteiger partial charge in [0.05, 0.1) is 6.04 Å². The fourth-order valence-corrected chi connectivity index (χ4v) is 3.72. The Morgan fingerprint density at radius 3 is 2.70 bits per heavy atom. The predicted molar refractivity (Wildman–Crippen MR) is 101 cm³/mol. The zero-order valence-corrected chi connectivity index (χ0v) is 15.2. The average molecular weight is 366 g/mol. The van der Waals surface area contributed by atoms with Gasteiger partial charge in [0.1, 0.15) is 13.2 Å². The zero-order valence-electron chi connectivity index (χ0n) is 15.2. The van der Waals surface area contributed by atoms with Gasteiger partial charge in [-0.15, -0.1) is 0 Å². The van der Waals surface area contributed by atoms with Gasteiger partial charge in [-0.1, -0.05) is 12.1 Å². The van der Waals surface area contributed by atoms with Crippen molar-refractivity contribution < 1.29 is 19.1 Å². The lowest BCUT2D eigenvalue weighted by molar-refractivity contribution is -0.114. The molecule has 0 unspecified atom stereocenters. The van der Waals surface area contributed by atoms with E-state index in [0.29, 0.717) is 31.0 Å². The number of amides is 2. The van der Waals surface area contributed by atoms with Gasteiger partial charge < -0.3 is 19.7 Å². The summed E-state index contributed by atoms with van der Waals surface area (Å²) in [4.78, 5) is 26.3. The largest absolute Gasteiger partial charge is 0.486 e. The van der Waals surface area contributed by atoms with Crippen LogP contribution in [0.15, 0.2) is 42.5 Å². The van der Waals surface area contributed by atoms with Crippen LogP contribution in [0, 0.1) is 0 Å². The Morgan fingerprint density at radius 2 is 1.89 bits per heavy atom. The highest BCUT2D eigenvalue weighted by molar-refractivity contribution is 5.97. The molecule has 0 aromatic heterocycles. The summed E-state index contributed by atoms with van der Waals surface area (Å²) < 4.78 is 11.3. The Balaban J connectivity index is 1.58. The lowest BCUT2D eigenvalue weighted by Gasteiger charge is -2.27. The van der Waals surface area contributed by atoms with Crippen molar-refractivity contribution in [1.29, 1.82) is 0 Å². The number of fused-ring (bicyclic) bond motifs is 1. The Morgan fingerprint density at radius 1 is 1.07 bits per heavy atom. The molecule has 1 N–H and O–H groups in total. The topological polar surface area (TPSA) is 67.9 Å². The molecule has 0 saturated carbocycles. The number of anilines is 1. The summed E-state index contributed by atoms with van der Waals surface area (Å²) in [6.45, 7) is 3.26. The minimum Gasteiger partial charge on any atom is -0.486 e. The first-order valence-electron chi connectivity index (χ1n) is 9.20. The van der Waals surface area contributed by atoms with Crippen molar-refractivity contribution >= 4 is 17.5 Å². The number of likely N-dealkylation sites (tertiary alicyclic amines) is 1. The monoisotopic (exact) mass is 366 g/mol. The summed E-state index contributed by atoms with van der Waals surface area (Å²) in [6, 6.07) is 13.0. The van der Waals surface area contributed by atoms with Gasteiger partial charge in [-0.25, -0.2) is 0 Å². The van der Waals surface area contributed by atoms with Gasteiger partial charge in [0.15, 0.2) is 11.5 Å². The van der Waals surface area contributed by atoms with Crippen molar-refractivity contribution in [3.8, 4) is 11.5 Å². The second-order valence-corrected chi connectivity index (χ2v) is 6.82. The highest BCUT2D eigenvalue weighted by atomic mass is 16.6. The molecule has 2 aromatic carbocycles. The number of carbonyl (C=O) groups excluding carboxylic acids is 2. The van der Waals surface area contributed by atoms with Crippen molar-refractivity contribution in [3.05, 3.63) is 53.6 Å². The van der Waals surface area contributed by atoms with E-state index in [2.05, 4.69) is 5.32 Å². The van der Waals surface area contributed by atoms with Crippen LogP contribution >= 0.6 is 0 Å². The fraction of sp³-hybridized carbons (Fsp3) is 0.333. The molecule has 0 radical (unpaired) electrons. The summed E-state index contributed by atoms with van der Waals surface area (Å²) >= 11 is 0. The Hall–Kier alpha value is -3.02. The molecule has 6 heteroatoms. The SMILES string of the molecule is CC(=O)Nc1cccc(C(=O)N2CCC[C@H]2c2ccc3c(c2)OCCO3)c1. The first-order chi connectivity index (χ1) is 13.1. The standard InChI is InChI=1S/C21H22N2O4/c1-14(24)22-17-5-2-4-16(12-17)21(25)23-9-3-6-18(23)15-7-8-19-20(13-15)27-11-10-26-19/h2,4-5,7-8,12-13,18H,3,6,9-11H2,1H3,(H,22,24)/t18-/m0/s1. The lowest BCUT2D eigenvalue weighted by atomic mass is 10.0. The highest BCUT2D eigenvalue weighted by Gasteiger charge is 2.31. The van der Waals surface area contributed by atoms with Crippen LogP contribution in [0.2, 0.25) is 0 Å². The molecule has 1 atom stereocenters. The molecule has 140 valence electrons. The van der Waals surface area contributed by atoms with Crippen LogP contribution < -0.4 is 14.8 Å². The molecular weight excluding hydrogens is 344 g/mol. The zero-order chi connectivity index (χ0) is 18.8. The third-order valence-corrected chi connectivity index (χ3v) is 4.89. The van der Waals surface area contributed by atoms with Gasteiger partial charge in [0.2, 0.25) is 5.91 Å². The number of hydrogen-bond acceptors (Lipinski definition) is 4. The highest BCUT2D eigenvalue weighted by Crippen LogP contribution is 2.38. The number of rotatable bonds is 3. The maximum Gasteiger partial charge on any atom is 0.254 e. The Bertz CT molecular complexity index is 880. The van der Waals surface area contributed by atoms with Crippen molar-refractivity contribution in [1.82, 2.24) is 4.90 Å². The van der Waals surface area contributed by atoms with E-state index < -0.39 is 0 Å². The summed E-state index contributed by atoms with van der Waals surface area (Å²) in [6.07, 6.45) is 1.87. The molecule has 2 aromatic rings. The quantitative estimate of drug-likeness (QED) is 0.904. The molecular formula is C21H22N2O4. The first-order valence-corrected chi connectivity index (χ1v) is 9.20. The van der Waals surface area contributed by atoms with Gasteiger partial charge in [-0.2, -0.15) is 0 Å². The average Bonchev–Trinajstić information content (AvgIpc) is 3.16. The summed E-state index contributed by atoms with van der Waals surface area (Å²) in [5, 5.41) is 2.73. The minimum atomic E-state index is -0.157. The third kappa shape index (κ3) is 3.60. The van der Waals surface area contributed by atoms with E-state index in [-0.39, 0.29) is 17.9 Å². The molecule has 2 aliphatic heterocycles. The molecule has 6 nitrogen and oxygen atoms in total. The van der Waals surface area contributed by atoms with E-state index >= 15 is 0 Å². The van der Waals surface area contributed by atoms with Gasteiger partial charge in [-0.05, 0) is 48.7 Å². The number of hydrogen-bond donors (Lipinski definition) is 1. The van der Waals surface area contributed by atoms with Gasteiger partial charge in [0, 0.05) is 24.7 Å². The third-order valence-electron chi connectivity index (χ3n) is 4.89. The smallest absolute Gasteiger partial charge is 0.254 e. The van der Waals surface area contributed by atoms with E-state index in [0.717, 1.165) is 29.9 Å². The van der Waals surface area contributed by atoms with E-state index in [9.17, 15) is 9.59 Å². The maximum absolute atomic E-state index is 13.1. The van der Waals surface area contributed by atoms with Crippen molar-refractivity contribution in [2.24, 2.45) is 0 Å². The molecule has 0 spiro atoms. The van der Waals surface area contributed by atoms with Crippen LogP contribution in [-0.2, 0) is 4.79 Å². The normalized spacial score (nSPS) is 18.3.